The topological polar surface area (TPSA) is 100 Å². The minimum Gasteiger partial charge on any atom is -0.467 e. The van der Waals surface area contributed by atoms with E-state index in [1.807, 2.05) is 0 Å². The third-order valence-corrected chi connectivity index (χ3v) is 3.84. The molecule has 9 heteroatoms. The highest BCUT2D eigenvalue weighted by molar-refractivity contribution is 7.55. The molecule has 1 amide bonds. The summed E-state index contributed by atoms with van der Waals surface area (Å²) in [6, 6.07) is 0. The largest absolute Gasteiger partial charge is 0.467 e. The summed E-state index contributed by atoms with van der Waals surface area (Å²) in [5.41, 5.74) is 0. The van der Waals surface area contributed by atoms with E-state index in [9.17, 15) is 14.2 Å². The summed E-state index contributed by atoms with van der Waals surface area (Å²) in [6.07, 6.45) is -1.32. The Morgan fingerprint density at radius 3 is 1.94 bits per heavy atom. The first-order valence-corrected chi connectivity index (χ1v) is 6.68. The van der Waals surface area contributed by atoms with Crippen molar-refractivity contribution in [2.24, 2.45) is 0 Å². The molecule has 106 valence electrons. The summed E-state index contributed by atoms with van der Waals surface area (Å²) in [5.74, 6) is -2.54. The quantitative estimate of drug-likeness (QED) is 0.575. The lowest BCUT2D eigenvalue weighted by Gasteiger charge is -2.23. The summed E-state index contributed by atoms with van der Waals surface area (Å²) < 4.78 is 30.5. The Kier molecular flexibility index (Phi) is 6.90. The average molecular weight is 283 g/mol. The van der Waals surface area contributed by atoms with Gasteiger partial charge in [-0.25, -0.2) is 9.59 Å². The number of rotatable bonds is 6. The van der Waals surface area contributed by atoms with Crippen molar-refractivity contribution in [2.75, 3.05) is 21.3 Å². The second-order valence-electron chi connectivity index (χ2n) is 3.43. The van der Waals surface area contributed by atoms with Gasteiger partial charge < -0.3 is 18.5 Å². The van der Waals surface area contributed by atoms with Gasteiger partial charge in [-0.3, -0.25) is 9.88 Å². The van der Waals surface area contributed by atoms with E-state index in [0.717, 1.165) is 21.3 Å². The van der Waals surface area contributed by atoms with Crippen LogP contribution in [0.2, 0.25) is 0 Å². The normalized spacial score (nSPS) is 13.0. The van der Waals surface area contributed by atoms with E-state index in [4.69, 9.17) is 4.74 Å². The van der Waals surface area contributed by atoms with E-state index < -0.39 is 31.5 Å². The van der Waals surface area contributed by atoms with Crippen LogP contribution in [0, 0.1) is 0 Å². The number of esters is 1. The molecule has 0 aliphatic carbocycles. The molecule has 1 atom stereocenters. The maximum atomic E-state index is 12.1. The highest BCUT2D eigenvalue weighted by Crippen LogP contribution is 2.50. The van der Waals surface area contributed by atoms with Gasteiger partial charge >= 0.3 is 19.7 Å². The molecule has 0 fully saturated rings. The molecule has 0 spiro atoms. The molecule has 0 saturated carbocycles. The molecular weight excluding hydrogens is 265 g/mol. The SMILES string of the molecule is COC(=O)C(NC(=O)OC(C)C)P(=O)(OC)OC. The molecule has 0 aliphatic rings. The molecule has 1 N–H and O–H groups in total. The smallest absolute Gasteiger partial charge is 0.408 e. The number of carbonyl (C=O) groups excluding carboxylic acids is 2. The third kappa shape index (κ3) is 4.64. The lowest BCUT2D eigenvalue weighted by molar-refractivity contribution is -0.141. The minimum atomic E-state index is -3.85. The van der Waals surface area contributed by atoms with Gasteiger partial charge in [-0.15, -0.1) is 0 Å². The number of carbonyl (C=O) groups is 2. The maximum Gasteiger partial charge on any atom is 0.408 e. The van der Waals surface area contributed by atoms with E-state index in [-0.39, 0.29) is 0 Å². The van der Waals surface area contributed by atoms with Crippen molar-refractivity contribution >= 4 is 19.7 Å². The van der Waals surface area contributed by atoms with Gasteiger partial charge in [0.25, 0.3) is 0 Å². The first-order valence-electron chi connectivity index (χ1n) is 5.06. The van der Waals surface area contributed by atoms with Crippen LogP contribution < -0.4 is 5.32 Å². The van der Waals surface area contributed by atoms with Crippen LogP contribution in [-0.2, 0) is 27.9 Å². The maximum absolute atomic E-state index is 12.1. The molecule has 8 nitrogen and oxygen atoms in total. The monoisotopic (exact) mass is 283 g/mol. The minimum absolute atomic E-state index is 0.396. The van der Waals surface area contributed by atoms with Gasteiger partial charge in [-0.05, 0) is 13.8 Å². The number of hydrogen-bond donors (Lipinski definition) is 1. The van der Waals surface area contributed by atoms with Crippen molar-refractivity contribution in [3.63, 3.8) is 0 Å². The number of ether oxygens (including phenoxy) is 2. The summed E-state index contributed by atoms with van der Waals surface area (Å²) in [5, 5.41) is 2.09. The van der Waals surface area contributed by atoms with E-state index in [2.05, 4.69) is 19.1 Å². The Morgan fingerprint density at radius 1 is 1.11 bits per heavy atom. The number of methoxy groups -OCH3 is 1. The lowest BCUT2D eigenvalue weighted by atomic mass is 10.5. The molecule has 1 unspecified atom stereocenters. The lowest BCUT2D eigenvalue weighted by Crippen LogP contribution is -2.42. The van der Waals surface area contributed by atoms with Crippen molar-refractivity contribution in [1.29, 1.82) is 0 Å². The Labute approximate surface area is 105 Å². The van der Waals surface area contributed by atoms with E-state index in [0.29, 0.717) is 0 Å². The van der Waals surface area contributed by atoms with Crippen LogP contribution in [0.4, 0.5) is 4.79 Å². The first kappa shape index (κ1) is 16.9. The second kappa shape index (κ2) is 7.35. The molecule has 0 rings (SSSR count). The molecule has 0 radical (unpaired) electrons. The van der Waals surface area contributed by atoms with Gasteiger partial charge in [0.1, 0.15) is 0 Å². The summed E-state index contributed by atoms with van der Waals surface area (Å²) in [4.78, 5) is 22.9. The fraction of sp³-hybridized carbons (Fsp3) is 0.778. The van der Waals surface area contributed by atoms with E-state index in [1.54, 1.807) is 13.8 Å². The average Bonchev–Trinajstić information content (AvgIpc) is 2.33. The highest BCUT2D eigenvalue weighted by Gasteiger charge is 2.42. The molecule has 0 aromatic heterocycles. The molecule has 0 aromatic carbocycles. The van der Waals surface area contributed by atoms with Crippen LogP contribution >= 0.6 is 7.60 Å². The van der Waals surface area contributed by atoms with Crippen LogP contribution in [0.3, 0.4) is 0 Å². The third-order valence-electron chi connectivity index (χ3n) is 1.85. The van der Waals surface area contributed by atoms with Crippen LogP contribution in [0.5, 0.6) is 0 Å². The van der Waals surface area contributed by atoms with E-state index in [1.165, 1.54) is 0 Å². The van der Waals surface area contributed by atoms with Crippen LogP contribution in [0.15, 0.2) is 0 Å². The van der Waals surface area contributed by atoms with Crippen molar-refractivity contribution < 1.29 is 32.7 Å². The number of nitrogens with one attached hydrogen (secondary N) is 1. The summed E-state index contributed by atoms with van der Waals surface area (Å²) in [6.45, 7) is 3.25. The van der Waals surface area contributed by atoms with Crippen molar-refractivity contribution in [2.45, 2.75) is 25.7 Å². The molecule has 0 bridgehead atoms. The van der Waals surface area contributed by atoms with Gasteiger partial charge in [0.2, 0.25) is 5.78 Å². The predicted octanol–water partition coefficient (Wildman–Crippen LogP) is 1.11. The van der Waals surface area contributed by atoms with Crippen molar-refractivity contribution in [3.8, 4) is 0 Å². The summed E-state index contributed by atoms with van der Waals surface area (Å²) in [7, 11) is -0.578. The van der Waals surface area contributed by atoms with Gasteiger partial charge in [0.05, 0.1) is 13.2 Å². The zero-order valence-electron chi connectivity index (χ0n) is 11.0. The van der Waals surface area contributed by atoms with Crippen LogP contribution in [-0.4, -0.2) is 45.3 Å². The Bertz CT molecular complexity index is 336. The van der Waals surface area contributed by atoms with E-state index >= 15 is 0 Å². The van der Waals surface area contributed by atoms with Crippen LogP contribution in [0.1, 0.15) is 13.8 Å². The molecule has 0 saturated heterocycles. The van der Waals surface area contributed by atoms with Gasteiger partial charge in [-0.2, -0.15) is 0 Å². The molecule has 0 aliphatic heterocycles. The van der Waals surface area contributed by atoms with Gasteiger partial charge in [0.15, 0.2) is 0 Å². The molecular formula is C9H18NO7P. The highest BCUT2D eigenvalue weighted by atomic mass is 31.2. The number of amides is 1. The number of alkyl carbamates (subject to hydrolysis) is 1. The Balaban J connectivity index is 4.97. The van der Waals surface area contributed by atoms with Crippen LogP contribution in [0.25, 0.3) is 0 Å². The first-order chi connectivity index (χ1) is 8.30. The fourth-order valence-electron chi connectivity index (χ4n) is 1.02. The zero-order chi connectivity index (χ0) is 14.3. The van der Waals surface area contributed by atoms with Crippen molar-refractivity contribution in [1.82, 2.24) is 5.32 Å². The Hall–Kier alpha value is -1.11. The van der Waals surface area contributed by atoms with Crippen molar-refractivity contribution in [3.05, 3.63) is 0 Å². The van der Waals surface area contributed by atoms with Gasteiger partial charge in [-0.1, -0.05) is 0 Å². The van der Waals surface area contributed by atoms with Gasteiger partial charge in [0, 0.05) is 14.2 Å². The molecule has 18 heavy (non-hydrogen) atoms. The fourth-order valence-corrected chi connectivity index (χ4v) is 2.22. The second-order valence-corrected chi connectivity index (χ2v) is 5.76. The molecule has 0 aromatic rings. The standard InChI is InChI=1S/C9H18NO7P/c1-6(2)17-9(12)10-7(8(11)14-3)18(13,15-4)16-5/h6-7H,1-5H3,(H,10,12). The zero-order valence-corrected chi connectivity index (χ0v) is 11.9. The number of hydrogen-bond acceptors (Lipinski definition) is 7. The summed E-state index contributed by atoms with van der Waals surface area (Å²) >= 11 is 0. The predicted molar refractivity (Wildman–Crippen MR) is 62.2 cm³/mol. The Morgan fingerprint density at radius 2 is 1.61 bits per heavy atom. The molecule has 0 heterocycles.